The summed E-state index contributed by atoms with van der Waals surface area (Å²) < 4.78 is 77.9. The molecule has 39 heavy (non-hydrogen) atoms. The molecule has 4 heterocycles. The molecule has 0 aromatic carbocycles. The van der Waals surface area contributed by atoms with E-state index in [2.05, 4.69) is 20.4 Å². The number of halogens is 7. The zero-order chi connectivity index (χ0) is 29.0. The van der Waals surface area contributed by atoms with Gasteiger partial charge in [-0.3, -0.25) is 14.5 Å². The van der Waals surface area contributed by atoms with Crippen molar-refractivity contribution in [3.8, 4) is 0 Å². The molecule has 1 fully saturated rings. The van der Waals surface area contributed by atoms with Crippen LogP contribution in [0, 0.1) is 0 Å². The van der Waals surface area contributed by atoms with E-state index in [1.165, 1.54) is 0 Å². The van der Waals surface area contributed by atoms with Crippen molar-refractivity contribution in [1.29, 1.82) is 0 Å². The molecule has 0 unspecified atom stereocenters. The number of carboxylic acid groups (broad SMARTS) is 1. The number of nitrogens with one attached hydrogen (secondary N) is 1. The van der Waals surface area contributed by atoms with Crippen LogP contribution in [-0.4, -0.2) is 60.8 Å². The van der Waals surface area contributed by atoms with Crippen LogP contribution in [0.3, 0.4) is 0 Å². The van der Waals surface area contributed by atoms with E-state index in [4.69, 9.17) is 17.3 Å². The Labute approximate surface area is 229 Å². The number of carboxylic acids is 1. The topological polar surface area (TPSA) is 171 Å². The van der Waals surface area contributed by atoms with E-state index in [1.807, 2.05) is 0 Å². The number of hydrogen-bond donors (Lipinski definition) is 4. The number of nitrogen functional groups attached to an aromatic ring is 1. The third kappa shape index (κ3) is 5.37. The van der Waals surface area contributed by atoms with Gasteiger partial charge in [-0.25, -0.2) is 14.8 Å². The summed E-state index contributed by atoms with van der Waals surface area (Å²) in [5.41, 5.74) is 1.73. The van der Waals surface area contributed by atoms with Crippen molar-refractivity contribution in [3.05, 3.63) is 31.2 Å². The minimum Gasteiger partial charge on any atom is -0.477 e. The highest BCUT2D eigenvalue weighted by molar-refractivity contribution is 8.04. The molecule has 0 spiro atoms. The summed E-state index contributed by atoms with van der Waals surface area (Å²) in [4.78, 5) is 42.8. The summed E-state index contributed by atoms with van der Waals surface area (Å²) in [6.07, 6.45) is -11.0. The highest BCUT2D eigenvalue weighted by Crippen LogP contribution is 2.49. The van der Waals surface area contributed by atoms with E-state index in [0.29, 0.717) is 0 Å². The van der Waals surface area contributed by atoms with Gasteiger partial charge in [0.05, 0.1) is 6.04 Å². The van der Waals surface area contributed by atoms with Crippen LogP contribution in [-0.2, 0) is 26.7 Å². The molecule has 2 aliphatic rings. The lowest BCUT2D eigenvalue weighted by molar-refractivity contribution is -0.162. The number of thiazole rings is 2. The Bertz CT molecular complexity index is 1410. The van der Waals surface area contributed by atoms with Gasteiger partial charge in [0.15, 0.2) is 20.9 Å². The third-order valence-electron chi connectivity index (χ3n) is 5.37. The number of carbonyl (C=O) groups is 3. The second kappa shape index (κ2) is 10.1. The van der Waals surface area contributed by atoms with Crippen molar-refractivity contribution in [1.82, 2.24) is 20.2 Å². The summed E-state index contributed by atoms with van der Waals surface area (Å²) in [5.74, 6) is -3.70. The molecule has 2 amide bonds. The number of alkyl halides is 6. The van der Waals surface area contributed by atoms with Gasteiger partial charge >= 0.3 is 18.3 Å². The van der Waals surface area contributed by atoms with Gasteiger partial charge in [-0.05, 0) is 12.8 Å². The largest absolute Gasteiger partial charge is 0.477 e. The summed E-state index contributed by atoms with van der Waals surface area (Å²) in [6.45, 7) is 0. The Balaban J connectivity index is 1.58. The lowest BCUT2D eigenvalue weighted by atomic mass is 9.86. The van der Waals surface area contributed by atoms with Gasteiger partial charge in [0.25, 0.3) is 11.8 Å². The Hall–Kier alpha value is -3.10. The molecule has 2 aliphatic heterocycles. The third-order valence-corrected chi connectivity index (χ3v) is 8.76. The molecule has 2 aromatic heterocycles. The molecule has 0 radical (unpaired) electrons. The molecule has 0 aliphatic carbocycles. The van der Waals surface area contributed by atoms with Gasteiger partial charge in [-0.1, -0.05) is 39.9 Å². The number of aromatic nitrogens is 2. The minimum absolute atomic E-state index is 0.0184. The van der Waals surface area contributed by atoms with Crippen LogP contribution in [0.4, 0.5) is 31.5 Å². The maximum atomic E-state index is 13.1. The van der Waals surface area contributed by atoms with E-state index < -0.39 is 68.5 Å². The number of nitrogens with two attached hydrogens (primary N) is 1. The molecule has 0 bridgehead atoms. The van der Waals surface area contributed by atoms with E-state index in [-0.39, 0.29) is 56.0 Å². The summed E-state index contributed by atoms with van der Waals surface area (Å²) in [6, 6.07) is -2.22. The molecule has 0 saturated carbocycles. The summed E-state index contributed by atoms with van der Waals surface area (Å²) in [5, 5.41) is 24.0. The van der Waals surface area contributed by atoms with Gasteiger partial charge in [-0.2, -0.15) is 26.3 Å². The number of aliphatic carboxylic acids is 1. The number of β-lactam (4-membered cyclic amide) rings is 1. The number of rotatable bonds is 6. The normalized spacial score (nSPS) is 20.1. The standard InChI is InChI=1S/C18H11ClF6N6O5S3/c19-11-6(28-15(26)39-11)7(30-36)12(32)27-5-3-1-2-4(8(14(34)35)31(3)13(5)33)37-16-29-9(17(20,21)22)10(38-16)18(23,24)25/h3,5,36H,1-2H2,(H2,26,28)(H,27,32)(H,34,35)/b30-7-/t3-,5+/m1/s1. The van der Waals surface area contributed by atoms with Crippen LogP contribution in [0.15, 0.2) is 20.1 Å². The number of fused-ring (bicyclic) bond motifs is 1. The van der Waals surface area contributed by atoms with Crippen LogP contribution in [0.5, 0.6) is 0 Å². The summed E-state index contributed by atoms with van der Waals surface area (Å²) >= 11 is 6.66. The minimum atomic E-state index is -5.41. The molecule has 21 heteroatoms. The van der Waals surface area contributed by atoms with E-state index in [1.54, 1.807) is 0 Å². The van der Waals surface area contributed by atoms with Gasteiger partial charge in [0.2, 0.25) is 0 Å². The fourth-order valence-electron chi connectivity index (χ4n) is 3.83. The monoisotopic (exact) mass is 636 g/mol. The molecule has 2 aromatic rings. The fraction of sp³-hybridized carbons (Fsp3) is 0.333. The average molecular weight is 637 g/mol. The second-order valence-corrected chi connectivity index (χ2v) is 11.7. The fourth-order valence-corrected chi connectivity index (χ4v) is 7.02. The quantitative estimate of drug-likeness (QED) is 0.122. The van der Waals surface area contributed by atoms with Crippen LogP contribution in [0.1, 0.15) is 29.1 Å². The highest BCUT2D eigenvalue weighted by Gasteiger charge is 2.54. The maximum absolute atomic E-state index is 13.1. The van der Waals surface area contributed by atoms with Gasteiger partial charge < -0.3 is 21.4 Å². The lowest BCUT2D eigenvalue weighted by Crippen LogP contribution is -2.72. The Morgan fingerprint density at radius 2 is 1.85 bits per heavy atom. The molecule has 5 N–H and O–H groups in total. The van der Waals surface area contributed by atoms with E-state index in [0.717, 1.165) is 16.2 Å². The number of anilines is 1. The van der Waals surface area contributed by atoms with Gasteiger partial charge in [0.1, 0.15) is 26.6 Å². The molecule has 11 nitrogen and oxygen atoms in total. The number of hydrogen-bond acceptors (Lipinski definition) is 11. The first-order valence-corrected chi connectivity index (χ1v) is 12.9. The van der Waals surface area contributed by atoms with Crippen molar-refractivity contribution in [3.63, 3.8) is 0 Å². The Morgan fingerprint density at radius 1 is 1.18 bits per heavy atom. The molecular formula is C18H11ClF6N6O5S3. The number of oxime groups is 1. The Kier molecular flexibility index (Phi) is 7.51. The smallest absolute Gasteiger partial charge is 0.434 e. The highest BCUT2D eigenvalue weighted by atomic mass is 35.5. The molecule has 2 atom stereocenters. The average Bonchev–Trinajstić information content (AvgIpc) is 3.40. The van der Waals surface area contributed by atoms with Crippen molar-refractivity contribution < 1.29 is 51.0 Å². The maximum Gasteiger partial charge on any atom is 0.434 e. The number of nitrogens with zero attached hydrogens (tertiary/aromatic N) is 4. The zero-order valence-electron chi connectivity index (χ0n) is 18.4. The molecule has 4 rings (SSSR count). The van der Waals surface area contributed by atoms with E-state index in [9.17, 15) is 51.0 Å². The predicted octanol–water partition coefficient (Wildman–Crippen LogP) is 3.63. The number of allylic oxidation sites excluding steroid dienone is 1. The van der Waals surface area contributed by atoms with Crippen LogP contribution >= 0.6 is 46.0 Å². The second-order valence-electron chi connectivity index (χ2n) is 7.72. The van der Waals surface area contributed by atoms with Crippen molar-refractivity contribution >= 4 is 74.7 Å². The lowest BCUT2D eigenvalue weighted by Gasteiger charge is -2.49. The SMILES string of the molecule is Nc1nc(/C(=N/O)C(=O)N[C@@H]2C(=O)N3C(C(=O)O)=C(Sc4nc(C(F)(F)F)c(C(F)(F)F)s4)CC[C@H]23)c(Cl)s1. The van der Waals surface area contributed by atoms with E-state index >= 15 is 0 Å². The first kappa shape index (κ1) is 28.9. The Morgan fingerprint density at radius 3 is 2.33 bits per heavy atom. The van der Waals surface area contributed by atoms with Crippen molar-refractivity contribution in [2.45, 2.75) is 41.6 Å². The first-order chi connectivity index (χ1) is 18.0. The van der Waals surface area contributed by atoms with Crippen LogP contribution < -0.4 is 11.1 Å². The zero-order valence-corrected chi connectivity index (χ0v) is 21.6. The van der Waals surface area contributed by atoms with Gasteiger partial charge in [0, 0.05) is 4.91 Å². The van der Waals surface area contributed by atoms with Crippen molar-refractivity contribution in [2.24, 2.45) is 5.16 Å². The van der Waals surface area contributed by atoms with Crippen LogP contribution in [0.2, 0.25) is 4.34 Å². The molecular weight excluding hydrogens is 626 g/mol. The molecule has 210 valence electrons. The van der Waals surface area contributed by atoms with Gasteiger partial charge in [-0.15, -0.1) is 11.3 Å². The van der Waals surface area contributed by atoms with Crippen molar-refractivity contribution in [2.75, 3.05) is 5.73 Å². The number of thioether (sulfide) groups is 1. The number of amides is 2. The van der Waals surface area contributed by atoms with Crippen LogP contribution in [0.25, 0.3) is 0 Å². The first-order valence-electron chi connectivity index (χ1n) is 10.1. The summed E-state index contributed by atoms with van der Waals surface area (Å²) in [7, 11) is 0. The predicted molar refractivity (Wildman–Crippen MR) is 124 cm³/mol. The number of carbonyl (C=O) groups excluding carboxylic acids is 2. The molecule has 1 saturated heterocycles.